The van der Waals surface area contributed by atoms with E-state index in [0.717, 1.165) is 11.3 Å². The molecule has 2 N–H and O–H groups in total. The molecule has 0 bridgehead atoms. The van der Waals surface area contributed by atoms with Crippen LogP contribution in [-0.4, -0.2) is 51.7 Å². The van der Waals surface area contributed by atoms with Crippen molar-refractivity contribution in [2.24, 2.45) is 5.73 Å². The number of hydrogen-bond donors (Lipinski definition) is 1. The van der Waals surface area contributed by atoms with Crippen LogP contribution in [-0.2, 0) is 20.8 Å². The van der Waals surface area contributed by atoms with Crippen molar-refractivity contribution in [3.8, 4) is 5.88 Å². The third-order valence-electron chi connectivity index (χ3n) is 2.57. The minimum atomic E-state index is 0.414. The first kappa shape index (κ1) is 16.8. The van der Waals surface area contributed by atoms with Crippen LogP contribution in [0.1, 0.15) is 11.3 Å². The zero-order chi connectivity index (χ0) is 14.6. The van der Waals surface area contributed by atoms with E-state index < -0.39 is 0 Å². The zero-order valence-corrected chi connectivity index (χ0v) is 12.3. The van der Waals surface area contributed by atoms with E-state index >= 15 is 0 Å². The van der Waals surface area contributed by atoms with Crippen LogP contribution < -0.4 is 10.5 Å². The molecule has 0 radical (unpaired) electrons. The van der Waals surface area contributed by atoms with Gasteiger partial charge < -0.3 is 24.7 Å². The van der Waals surface area contributed by atoms with Crippen molar-refractivity contribution in [2.45, 2.75) is 13.5 Å². The molecule has 1 aromatic heterocycles. The Balaban J connectivity index is 2.10. The van der Waals surface area contributed by atoms with Gasteiger partial charge in [-0.05, 0) is 13.0 Å². The average molecular weight is 284 g/mol. The molecule has 1 rings (SSSR count). The third-order valence-corrected chi connectivity index (χ3v) is 2.57. The molecular weight excluding hydrogens is 260 g/mol. The Kier molecular flexibility index (Phi) is 8.90. The summed E-state index contributed by atoms with van der Waals surface area (Å²) >= 11 is 0. The van der Waals surface area contributed by atoms with Gasteiger partial charge in [0.1, 0.15) is 6.61 Å². The Hall–Kier alpha value is -1.21. The van der Waals surface area contributed by atoms with E-state index in [4.69, 9.17) is 24.7 Å². The predicted octanol–water partition coefficient (Wildman–Crippen LogP) is 0.907. The summed E-state index contributed by atoms with van der Waals surface area (Å²) in [6, 6.07) is 3.85. The van der Waals surface area contributed by atoms with Crippen molar-refractivity contribution < 1.29 is 18.9 Å². The molecule has 0 aromatic carbocycles. The smallest absolute Gasteiger partial charge is 0.218 e. The van der Waals surface area contributed by atoms with E-state index in [9.17, 15) is 0 Å². The lowest BCUT2D eigenvalue weighted by atomic mass is 10.2. The SMILES string of the molecule is COCCOCCOCCOc1nc(C)ccc1CN. The minimum absolute atomic E-state index is 0.414. The molecule has 0 spiro atoms. The van der Waals surface area contributed by atoms with Crippen molar-refractivity contribution in [1.82, 2.24) is 4.98 Å². The molecule has 0 amide bonds. The Morgan fingerprint density at radius 2 is 1.65 bits per heavy atom. The van der Waals surface area contributed by atoms with Gasteiger partial charge in [0.25, 0.3) is 0 Å². The lowest BCUT2D eigenvalue weighted by Gasteiger charge is -2.10. The Morgan fingerprint density at radius 3 is 2.30 bits per heavy atom. The normalized spacial score (nSPS) is 10.8. The molecule has 1 aromatic rings. The Bertz CT molecular complexity index is 374. The van der Waals surface area contributed by atoms with Gasteiger partial charge in [0.15, 0.2) is 0 Å². The van der Waals surface area contributed by atoms with Crippen LogP contribution in [0, 0.1) is 6.92 Å². The van der Waals surface area contributed by atoms with E-state index in [2.05, 4.69) is 4.98 Å². The van der Waals surface area contributed by atoms with Crippen molar-refractivity contribution in [2.75, 3.05) is 46.8 Å². The van der Waals surface area contributed by atoms with E-state index in [-0.39, 0.29) is 0 Å². The van der Waals surface area contributed by atoms with Crippen LogP contribution in [0.15, 0.2) is 12.1 Å². The van der Waals surface area contributed by atoms with Crippen LogP contribution in [0.5, 0.6) is 5.88 Å². The first-order chi connectivity index (χ1) is 9.77. The molecule has 6 heteroatoms. The van der Waals surface area contributed by atoms with E-state index in [1.165, 1.54) is 0 Å². The fourth-order valence-corrected chi connectivity index (χ4v) is 1.50. The molecule has 0 aliphatic heterocycles. The summed E-state index contributed by atoms with van der Waals surface area (Å²) < 4.78 is 21.1. The predicted molar refractivity (Wildman–Crippen MR) is 75.9 cm³/mol. The second kappa shape index (κ2) is 10.6. The quantitative estimate of drug-likeness (QED) is 0.609. The van der Waals surface area contributed by atoms with Gasteiger partial charge in [-0.1, -0.05) is 6.07 Å². The van der Waals surface area contributed by atoms with E-state index in [1.54, 1.807) is 7.11 Å². The number of ether oxygens (including phenoxy) is 4. The van der Waals surface area contributed by atoms with Crippen molar-refractivity contribution in [1.29, 1.82) is 0 Å². The van der Waals surface area contributed by atoms with Crippen LogP contribution in [0.4, 0.5) is 0 Å². The molecule has 0 saturated carbocycles. The second-order valence-corrected chi connectivity index (χ2v) is 4.19. The molecule has 0 aliphatic rings. The number of nitrogens with zero attached hydrogens (tertiary/aromatic N) is 1. The molecule has 0 saturated heterocycles. The van der Waals surface area contributed by atoms with Crippen LogP contribution in [0.25, 0.3) is 0 Å². The van der Waals surface area contributed by atoms with Gasteiger partial charge in [0.05, 0.1) is 33.0 Å². The van der Waals surface area contributed by atoms with Crippen molar-refractivity contribution >= 4 is 0 Å². The molecule has 1 heterocycles. The number of pyridine rings is 1. The van der Waals surface area contributed by atoms with Gasteiger partial charge in [0, 0.05) is 24.9 Å². The average Bonchev–Trinajstić information content (AvgIpc) is 2.46. The highest BCUT2D eigenvalue weighted by Gasteiger charge is 2.04. The van der Waals surface area contributed by atoms with E-state index in [1.807, 2.05) is 19.1 Å². The zero-order valence-electron chi connectivity index (χ0n) is 12.3. The maximum atomic E-state index is 5.63. The third kappa shape index (κ3) is 6.81. The molecule has 0 atom stereocenters. The number of hydrogen-bond acceptors (Lipinski definition) is 6. The summed E-state index contributed by atoms with van der Waals surface area (Å²) in [5, 5.41) is 0. The summed E-state index contributed by atoms with van der Waals surface area (Å²) in [4.78, 5) is 4.32. The van der Waals surface area contributed by atoms with Crippen molar-refractivity contribution in [3.05, 3.63) is 23.4 Å². The molecular formula is C14H24N2O4. The topological polar surface area (TPSA) is 75.8 Å². The number of methoxy groups -OCH3 is 1. The fourth-order valence-electron chi connectivity index (χ4n) is 1.50. The van der Waals surface area contributed by atoms with Crippen LogP contribution >= 0.6 is 0 Å². The second-order valence-electron chi connectivity index (χ2n) is 4.19. The molecule has 6 nitrogen and oxygen atoms in total. The highest BCUT2D eigenvalue weighted by Crippen LogP contribution is 2.15. The molecule has 0 fully saturated rings. The van der Waals surface area contributed by atoms with Crippen LogP contribution in [0.3, 0.4) is 0 Å². The van der Waals surface area contributed by atoms with Gasteiger partial charge in [0.2, 0.25) is 5.88 Å². The minimum Gasteiger partial charge on any atom is -0.475 e. The van der Waals surface area contributed by atoms with Crippen LogP contribution in [0.2, 0.25) is 0 Å². The highest BCUT2D eigenvalue weighted by molar-refractivity contribution is 5.27. The fraction of sp³-hybridized carbons (Fsp3) is 0.643. The summed E-state index contributed by atoms with van der Waals surface area (Å²) in [6.07, 6.45) is 0. The highest BCUT2D eigenvalue weighted by atomic mass is 16.6. The molecule has 114 valence electrons. The molecule has 0 aliphatic carbocycles. The Morgan fingerprint density at radius 1 is 1.00 bits per heavy atom. The molecule has 20 heavy (non-hydrogen) atoms. The Labute approximate surface area is 120 Å². The largest absolute Gasteiger partial charge is 0.475 e. The first-order valence-corrected chi connectivity index (χ1v) is 6.71. The summed E-state index contributed by atoms with van der Waals surface area (Å²) in [5.74, 6) is 0.590. The lowest BCUT2D eigenvalue weighted by Crippen LogP contribution is -2.13. The van der Waals surface area contributed by atoms with Crippen molar-refractivity contribution in [3.63, 3.8) is 0 Å². The van der Waals surface area contributed by atoms with Gasteiger partial charge in [-0.3, -0.25) is 0 Å². The standard InChI is InChI=1S/C14H24N2O4/c1-12-3-4-13(11-15)14(16-12)20-10-9-19-8-7-18-6-5-17-2/h3-4H,5-11,15H2,1-2H3. The number of rotatable bonds is 11. The lowest BCUT2D eigenvalue weighted by molar-refractivity contribution is 0.0176. The number of nitrogens with two attached hydrogens (primary N) is 1. The summed E-state index contributed by atoms with van der Waals surface area (Å²) in [7, 11) is 1.64. The summed E-state index contributed by atoms with van der Waals surface area (Å²) in [6.45, 7) is 5.55. The maximum absolute atomic E-state index is 5.63. The first-order valence-electron chi connectivity index (χ1n) is 6.71. The van der Waals surface area contributed by atoms with Gasteiger partial charge >= 0.3 is 0 Å². The maximum Gasteiger partial charge on any atom is 0.218 e. The van der Waals surface area contributed by atoms with Gasteiger partial charge in [-0.25, -0.2) is 4.98 Å². The van der Waals surface area contributed by atoms with Gasteiger partial charge in [-0.15, -0.1) is 0 Å². The molecule has 0 unspecified atom stereocenters. The summed E-state index contributed by atoms with van der Waals surface area (Å²) in [5.41, 5.74) is 7.44. The van der Waals surface area contributed by atoms with E-state index in [0.29, 0.717) is 52.1 Å². The number of aryl methyl sites for hydroxylation is 1. The number of aromatic nitrogens is 1. The monoisotopic (exact) mass is 284 g/mol. The van der Waals surface area contributed by atoms with Gasteiger partial charge in [-0.2, -0.15) is 0 Å².